The maximum Gasteiger partial charge on any atom is 0.280 e. The SMILES string of the molecule is Cc1c(Cl)cccc1S(=O)(=O)Nc1nc(C(O)c2ccc(F)c(Cl)c2)cs1.Cc1ccccc1S(=O)(=O)N(Cl)c1nc(C(O)c2cccc(Cl)c2)cs1. The van der Waals surface area contributed by atoms with Crippen LogP contribution in [0.1, 0.15) is 45.8 Å². The number of aryl methyl sites for hydroxylation is 1. The minimum absolute atomic E-state index is 0.0395. The van der Waals surface area contributed by atoms with Crippen molar-refractivity contribution in [3.05, 3.63) is 150 Å². The Hall–Kier alpha value is -3.35. The van der Waals surface area contributed by atoms with Crippen LogP contribution in [0.4, 0.5) is 14.7 Å². The van der Waals surface area contributed by atoms with E-state index in [4.69, 9.17) is 46.6 Å². The number of rotatable bonds is 10. The highest BCUT2D eigenvalue weighted by molar-refractivity contribution is 7.94. The summed E-state index contributed by atoms with van der Waals surface area (Å²) in [6.07, 6.45) is -2.21. The molecule has 4 aromatic carbocycles. The summed E-state index contributed by atoms with van der Waals surface area (Å²) in [5.74, 6) is -0.601. The Labute approximate surface area is 333 Å². The van der Waals surface area contributed by atoms with Crippen LogP contribution in [-0.2, 0) is 20.0 Å². The summed E-state index contributed by atoms with van der Waals surface area (Å²) in [6.45, 7) is 3.29. The van der Waals surface area contributed by atoms with Gasteiger partial charge in [-0.25, -0.2) is 22.8 Å². The molecule has 53 heavy (non-hydrogen) atoms. The van der Waals surface area contributed by atoms with Gasteiger partial charge in [-0.3, -0.25) is 4.72 Å². The van der Waals surface area contributed by atoms with Gasteiger partial charge in [0.2, 0.25) is 5.13 Å². The highest BCUT2D eigenvalue weighted by atomic mass is 35.5. The van der Waals surface area contributed by atoms with E-state index in [1.165, 1.54) is 29.6 Å². The molecule has 0 aliphatic rings. The molecule has 278 valence electrons. The van der Waals surface area contributed by atoms with Crippen LogP contribution >= 0.6 is 69.3 Å². The van der Waals surface area contributed by atoms with Crippen molar-refractivity contribution in [3.63, 3.8) is 0 Å². The van der Waals surface area contributed by atoms with E-state index in [2.05, 4.69) is 14.7 Å². The molecule has 0 saturated carbocycles. The minimum Gasteiger partial charge on any atom is -0.382 e. The van der Waals surface area contributed by atoms with Gasteiger partial charge in [-0.05, 0) is 78.6 Å². The summed E-state index contributed by atoms with van der Waals surface area (Å²) in [7, 11) is -7.86. The van der Waals surface area contributed by atoms with Gasteiger partial charge in [-0.2, -0.15) is 8.42 Å². The normalized spacial score (nSPS) is 12.8. The summed E-state index contributed by atoms with van der Waals surface area (Å²) >= 11 is 25.8. The minimum atomic E-state index is -3.96. The Morgan fingerprint density at radius 1 is 0.755 bits per heavy atom. The number of hydrogen-bond acceptors (Lipinski definition) is 10. The zero-order chi connectivity index (χ0) is 38.7. The van der Waals surface area contributed by atoms with Gasteiger partial charge >= 0.3 is 0 Å². The molecule has 3 N–H and O–H groups in total. The molecule has 10 nitrogen and oxygen atoms in total. The van der Waals surface area contributed by atoms with Crippen LogP contribution < -0.4 is 8.55 Å². The predicted octanol–water partition coefficient (Wildman–Crippen LogP) is 9.32. The maximum atomic E-state index is 13.3. The second kappa shape index (κ2) is 17.0. The predicted molar refractivity (Wildman–Crippen MR) is 209 cm³/mol. The second-order valence-corrected chi connectivity index (χ2v) is 18.0. The number of aliphatic hydroxyl groups excluding tert-OH is 2. The molecule has 2 atom stereocenters. The average Bonchev–Trinajstić information content (AvgIpc) is 3.80. The Kier molecular flexibility index (Phi) is 13.1. The third-order valence-electron chi connectivity index (χ3n) is 7.48. The number of nitrogens with one attached hydrogen (secondary N) is 1. The van der Waals surface area contributed by atoms with Crippen molar-refractivity contribution >= 4 is 99.6 Å². The summed E-state index contributed by atoms with van der Waals surface area (Å²) < 4.78 is 66.9. The lowest BCUT2D eigenvalue weighted by atomic mass is 10.1. The number of nitrogens with zero attached hydrogens (tertiary/aromatic N) is 3. The van der Waals surface area contributed by atoms with Crippen LogP contribution in [0.15, 0.2) is 105 Å². The van der Waals surface area contributed by atoms with E-state index >= 15 is 0 Å². The zero-order valence-corrected chi connectivity index (χ0v) is 33.6. The first-order chi connectivity index (χ1) is 25.0. The number of aliphatic hydroxyl groups is 2. The van der Waals surface area contributed by atoms with E-state index in [-0.39, 0.29) is 36.5 Å². The van der Waals surface area contributed by atoms with Crippen molar-refractivity contribution in [1.82, 2.24) is 9.97 Å². The number of benzene rings is 4. The topological polar surface area (TPSA) is 150 Å². The molecular weight excluding hydrogens is 849 g/mol. The van der Waals surface area contributed by atoms with Crippen LogP contribution in [0, 0.1) is 19.7 Å². The first-order valence-corrected chi connectivity index (χ1v) is 21.2. The van der Waals surface area contributed by atoms with E-state index in [1.54, 1.807) is 73.8 Å². The lowest BCUT2D eigenvalue weighted by molar-refractivity contribution is 0.216. The average molecular weight is 877 g/mol. The summed E-state index contributed by atoms with van der Waals surface area (Å²) in [5.41, 5.74) is 2.39. The van der Waals surface area contributed by atoms with Gasteiger partial charge in [0.05, 0.1) is 26.2 Å². The summed E-state index contributed by atoms with van der Waals surface area (Å²) in [6, 6.07) is 21.7. The quantitative estimate of drug-likeness (QED) is 0.115. The van der Waals surface area contributed by atoms with Crippen LogP contribution in [0.25, 0.3) is 0 Å². The second-order valence-electron chi connectivity index (χ2n) is 11.1. The first-order valence-electron chi connectivity index (χ1n) is 15.0. The fraction of sp³-hybridized carbons (Fsp3) is 0.118. The molecule has 0 radical (unpaired) electrons. The molecule has 0 aliphatic heterocycles. The van der Waals surface area contributed by atoms with Crippen molar-refractivity contribution in [2.75, 3.05) is 8.55 Å². The molecule has 0 aliphatic carbocycles. The Morgan fingerprint density at radius 2 is 1.38 bits per heavy atom. The Balaban J connectivity index is 0.000000204. The van der Waals surface area contributed by atoms with E-state index in [9.17, 15) is 31.4 Å². The van der Waals surface area contributed by atoms with Crippen molar-refractivity contribution in [3.8, 4) is 0 Å². The standard InChI is InChI=1S/C17H13Cl2FN2O3S2.C17H14Cl2N2O3S2/c1-9-11(18)3-2-4-15(9)27(24,25)22-17-21-14(8-26-17)16(23)10-5-6-13(20)12(19)7-10;1-11-5-2-3-8-15(11)26(23,24)21(19)17-20-14(10-25-17)16(22)12-6-4-7-13(18)9-12/h2-8,16,23H,1H3,(H,21,22);2-10,16,22H,1H3. The van der Waals surface area contributed by atoms with Crippen LogP contribution in [0.3, 0.4) is 0 Å². The molecule has 19 heteroatoms. The molecule has 0 spiro atoms. The number of halogens is 5. The smallest absolute Gasteiger partial charge is 0.280 e. The van der Waals surface area contributed by atoms with Gasteiger partial charge in [-0.15, -0.1) is 26.5 Å². The van der Waals surface area contributed by atoms with Crippen LogP contribution in [0.5, 0.6) is 0 Å². The Bertz CT molecular complexity index is 2480. The number of sulfonamides is 2. The molecular formula is C34H27Cl4FN4O6S4. The molecule has 6 aromatic rings. The number of anilines is 2. The third kappa shape index (κ3) is 9.49. The molecule has 0 saturated heterocycles. The maximum absolute atomic E-state index is 13.3. The molecule has 2 aromatic heterocycles. The Morgan fingerprint density at radius 3 is 2.06 bits per heavy atom. The van der Waals surface area contributed by atoms with Gasteiger partial charge in [0.25, 0.3) is 20.0 Å². The van der Waals surface area contributed by atoms with Crippen molar-refractivity contribution in [2.24, 2.45) is 0 Å². The van der Waals surface area contributed by atoms with E-state index in [0.29, 0.717) is 36.1 Å². The van der Waals surface area contributed by atoms with Crippen molar-refractivity contribution in [2.45, 2.75) is 35.8 Å². The summed E-state index contributed by atoms with van der Waals surface area (Å²) in [4.78, 5) is 8.43. The fourth-order valence-electron chi connectivity index (χ4n) is 4.73. The zero-order valence-electron chi connectivity index (χ0n) is 27.3. The molecule has 0 fully saturated rings. The monoisotopic (exact) mass is 874 g/mol. The summed E-state index contributed by atoms with van der Waals surface area (Å²) in [5, 5.41) is 24.7. The lowest BCUT2D eigenvalue weighted by Gasteiger charge is -2.14. The van der Waals surface area contributed by atoms with Crippen LogP contribution in [-0.4, -0.2) is 37.0 Å². The lowest BCUT2D eigenvalue weighted by Crippen LogP contribution is -2.22. The number of thiazole rings is 2. The highest BCUT2D eigenvalue weighted by Gasteiger charge is 2.28. The molecule has 2 heterocycles. The number of aromatic nitrogens is 2. The molecule has 0 bridgehead atoms. The third-order valence-corrected chi connectivity index (χ3v) is 14.2. The van der Waals surface area contributed by atoms with Gasteiger partial charge < -0.3 is 10.2 Å². The first kappa shape index (κ1) is 40.8. The van der Waals surface area contributed by atoms with E-state index in [1.807, 2.05) is 0 Å². The van der Waals surface area contributed by atoms with Gasteiger partial charge in [0.15, 0.2) is 5.13 Å². The molecule has 0 amide bonds. The number of hydrogen-bond donors (Lipinski definition) is 3. The van der Waals surface area contributed by atoms with Gasteiger partial charge in [0.1, 0.15) is 18.0 Å². The van der Waals surface area contributed by atoms with Gasteiger partial charge in [-0.1, -0.05) is 77.3 Å². The van der Waals surface area contributed by atoms with Gasteiger partial charge in [0, 0.05) is 32.6 Å². The highest BCUT2D eigenvalue weighted by Crippen LogP contribution is 2.34. The molecule has 6 rings (SSSR count). The fourth-order valence-corrected chi connectivity index (χ4v) is 10.2. The van der Waals surface area contributed by atoms with E-state index < -0.39 is 38.1 Å². The van der Waals surface area contributed by atoms with Crippen molar-refractivity contribution in [1.29, 1.82) is 0 Å². The largest absolute Gasteiger partial charge is 0.382 e. The van der Waals surface area contributed by atoms with Crippen LogP contribution in [0.2, 0.25) is 15.1 Å². The molecule has 2 unspecified atom stereocenters. The van der Waals surface area contributed by atoms with Crippen molar-refractivity contribution < 1.29 is 31.4 Å². The van der Waals surface area contributed by atoms with E-state index in [0.717, 1.165) is 28.7 Å².